The molecule has 50 heavy (non-hydrogen) atoms. The van der Waals surface area contributed by atoms with Crippen molar-refractivity contribution < 1.29 is 4.57 Å². The first-order valence-corrected chi connectivity index (χ1v) is 18.9. The van der Waals surface area contributed by atoms with Gasteiger partial charge < -0.3 is 9.13 Å². The maximum atomic E-state index is 16.4. The number of nitrogens with zero attached hydrogens (tertiary/aromatic N) is 1. The van der Waals surface area contributed by atoms with E-state index in [4.69, 9.17) is 0 Å². The molecule has 0 saturated heterocycles. The van der Waals surface area contributed by atoms with Crippen molar-refractivity contribution in [2.45, 2.75) is 5.41 Å². The van der Waals surface area contributed by atoms with Crippen LogP contribution in [-0.2, 0) is 9.98 Å². The fourth-order valence-electron chi connectivity index (χ4n) is 9.20. The van der Waals surface area contributed by atoms with Crippen molar-refractivity contribution in [2.75, 3.05) is 0 Å². The lowest BCUT2D eigenvalue weighted by molar-refractivity contribution is 0.590. The second kappa shape index (κ2) is 10.0. The van der Waals surface area contributed by atoms with E-state index in [0.717, 1.165) is 43.9 Å². The van der Waals surface area contributed by atoms with E-state index in [-0.39, 0.29) is 0 Å². The predicted molar refractivity (Wildman–Crippen MR) is 209 cm³/mol. The van der Waals surface area contributed by atoms with Crippen LogP contribution < -0.4 is 15.9 Å². The highest BCUT2D eigenvalue weighted by Crippen LogP contribution is 2.60. The zero-order valence-electron chi connectivity index (χ0n) is 27.1. The van der Waals surface area contributed by atoms with Crippen LogP contribution in [0.3, 0.4) is 0 Å². The molecule has 8 aromatic carbocycles. The molecule has 0 fully saturated rings. The minimum atomic E-state index is -3.34. The Morgan fingerprint density at radius 3 is 1.98 bits per heavy atom. The van der Waals surface area contributed by atoms with Gasteiger partial charge in [-0.3, -0.25) is 0 Å². The van der Waals surface area contributed by atoms with E-state index >= 15 is 4.57 Å². The molecule has 11 rings (SSSR count). The van der Waals surface area contributed by atoms with E-state index in [9.17, 15) is 0 Å². The molecule has 0 radical (unpaired) electrons. The zero-order valence-corrected chi connectivity index (χ0v) is 28.0. The minimum Gasteiger partial charge on any atom is -0.309 e. The molecule has 2 aliphatic rings. The van der Waals surface area contributed by atoms with Gasteiger partial charge in [-0.15, -0.1) is 0 Å². The lowest BCUT2D eigenvalue weighted by Gasteiger charge is -2.47. The molecule has 0 aliphatic carbocycles. The third-order valence-electron chi connectivity index (χ3n) is 11.2. The van der Waals surface area contributed by atoms with Crippen LogP contribution in [0.4, 0.5) is 0 Å². The number of hydrogen-bond donors (Lipinski definition) is 0. The Morgan fingerprint density at radius 2 is 1.08 bits per heavy atom. The first kappa shape index (κ1) is 27.9. The first-order chi connectivity index (χ1) is 24.7. The van der Waals surface area contributed by atoms with Crippen molar-refractivity contribution in [2.24, 2.45) is 0 Å². The number of rotatable bonds is 2. The van der Waals surface area contributed by atoms with Gasteiger partial charge in [-0.2, -0.15) is 0 Å². The third kappa shape index (κ3) is 3.41. The highest BCUT2D eigenvalue weighted by molar-refractivity contribution is 7.85. The lowest BCUT2D eigenvalue weighted by Crippen LogP contribution is -2.48. The molecule has 2 atom stereocenters. The molecule has 2 aliphatic heterocycles. The largest absolute Gasteiger partial charge is 0.309 e. The minimum absolute atomic E-state index is 0.697. The zero-order chi connectivity index (χ0) is 33.0. The number of benzene rings is 8. The van der Waals surface area contributed by atoms with Gasteiger partial charge in [0.15, 0.2) is 7.14 Å². The molecule has 0 saturated carbocycles. The maximum absolute atomic E-state index is 16.4. The van der Waals surface area contributed by atoms with Crippen molar-refractivity contribution in [3.8, 4) is 16.8 Å². The summed E-state index contributed by atoms with van der Waals surface area (Å²) < 4.78 is 18.9. The lowest BCUT2D eigenvalue weighted by atomic mass is 9.62. The van der Waals surface area contributed by atoms with Gasteiger partial charge in [0.25, 0.3) is 0 Å². The summed E-state index contributed by atoms with van der Waals surface area (Å²) >= 11 is 0. The van der Waals surface area contributed by atoms with E-state index in [1.165, 1.54) is 43.7 Å². The van der Waals surface area contributed by atoms with Gasteiger partial charge in [-0.25, -0.2) is 0 Å². The predicted octanol–water partition coefficient (Wildman–Crippen LogP) is 10.3. The number of hydrogen-bond acceptors (Lipinski definition) is 1. The summed E-state index contributed by atoms with van der Waals surface area (Å²) in [7, 11) is -3.34. The van der Waals surface area contributed by atoms with Crippen LogP contribution >= 0.6 is 7.14 Å². The average molecular weight is 656 g/mol. The number of para-hydroxylation sites is 3. The van der Waals surface area contributed by atoms with Crippen LogP contribution in [0.1, 0.15) is 22.3 Å². The number of aromatic nitrogens is 1. The SMILES string of the molecule is O=P1(c2ccccc2)c2ccccc2C2(c3ccccc3-n3c4ccccc4c4cccc2c43)c2ccc(-c3ccc4ccccc4c3)cc21. The molecular weight excluding hydrogens is 625 g/mol. The summed E-state index contributed by atoms with van der Waals surface area (Å²) in [5.41, 5.74) is 9.65. The van der Waals surface area contributed by atoms with E-state index in [1.54, 1.807) is 0 Å². The molecule has 234 valence electrons. The van der Waals surface area contributed by atoms with Crippen molar-refractivity contribution in [3.05, 3.63) is 204 Å². The van der Waals surface area contributed by atoms with E-state index < -0.39 is 12.6 Å². The highest BCUT2D eigenvalue weighted by atomic mass is 31.2. The smallest absolute Gasteiger partial charge is 0.171 e. The van der Waals surface area contributed by atoms with E-state index in [2.05, 4.69) is 168 Å². The van der Waals surface area contributed by atoms with Gasteiger partial charge in [0.05, 0.1) is 22.1 Å². The number of fused-ring (bicyclic) bond motifs is 12. The summed E-state index contributed by atoms with van der Waals surface area (Å²) in [6, 6.07) is 65.0. The molecule has 3 heteroatoms. The van der Waals surface area contributed by atoms with Gasteiger partial charge >= 0.3 is 0 Å². The van der Waals surface area contributed by atoms with Crippen LogP contribution in [0, 0.1) is 0 Å². The normalized spacial score (nSPS) is 18.6. The van der Waals surface area contributed by atoms with Crippen molar-refractivity contribution in [3.63, 3.8) is 0 Å². The first-order valence-electron chi connectivity index (χ1n) is 17.2. The Balaban J connectivity index is 1.33. The molecule has 0 bridgehead atoms. The molecular formula is C47H30NOP. The fraction of sp³-hybridized carbons (Fsp3) is 0.0213. The van der Waals surface area contributed by atoms with Crippen LogP contribution in [0.5, 0.6) is 0 Å². The van der Waals surface area contributed by atoms with E-state index in [0.29, 0.717) is 0 Å². The Bertz CT molecular complexity index is 2920. The Morgan fingerprint density at radius 1 is 0.440 bits per heavy atom. The summed E-state index contributed by atoms with van der Waals surface area (Å²) in [6.45, 7) is 0. The Labute approximate surface area is 290 Å². The molecule has 3 heterocycles. The van der Waals surface area contributed by atoms with E-state index in [1.807, 2.05) is 18.2 Å². The fourth-order valence-corrected chi connectivity index (χ4v) is 12.4. The third-order valence-corrected chi connectivity index (χ3v) is 14.4. The van der Waals surface area contributed by atoms with Gasteiger partial charge in [0.1, 0.15) is 0 Å². The van der Waals surface area contributed by atoms with Crippen LogP contribution in [-0.4, -0.2) is 4.57 Å². The Kier molecular flexibility index (Phi) is 5.61. The highest BCUT2D eigenvalue weighted by Gasteiger charge is 2.54. The summed E-state index contributed by atoms with van der Waals surface area (Å²) in [5.74, 6) is 0. The van der Waals surface area contributed by atoms with Gasteiger partial charge in [-0.1, -0.05) is 158 Å². The van der Waals surface area contributed by atoms with Crippen LogP contribution in [0.2, 0.25) is 0 Å². The molecule has 1 aromatic heterocycles. The van der Waals surface area contributed by atoms with Crippen molar-refractivity contribution >= 4 is 55.6 Å². The van der Waals surface area contributed by atoms with Gasteiger partial charge in [0.2, 0.25) is 0 Å². The van der Waals surface area contributed by atoms with Crippen LogP contribution in [0.25, 0.3) is 49.4 Å². The van der Waals surface area contributed by atoms with Crippen molar-refractivity contribution in [1.82, 2.24) is 4.57 Å². The summed E-state index contributed by atoms with van der Waals surface area (Å²) in [6.07, 6.45) is 0. The topological polar surface area (TPSA) is 22.0 Å². The standard InChI is InChI=1S/C47H30NOP/c49-50(35-15-2-1-3-16-35)44-24-11-8-20-39(44)47(40-28-27-34(30-45(40)50)33-26-25-31-13-4-5-14-32(31)29-33)38-19-7-10-23-43(38)48-42-22-9-6-17-36(42)37-18-12-21-41(47)46(37)48/h1-30H. The molecule has 9 aromatic rings. The van der Waals surface area contributed by atoms with Gasteiger partial charge in [0, 0.05) is 26.7 Å². The van der Waals surface area contributed by atoms with Gasteiger partial charge in [-0.05, 0) is 68.4 Å². The van der Waals surface area contributed by atoms with Crippen LogP contribution in [0.15, 0.2) is 182 Å². The molecule has 0 N–H and O–H groups in total. The molecule has 1 spiro atoms. The quantitative estimate of drug-likeness (QED) is 0.170. The monoisotopic (exact) mass is 655 g/mol. The molecule has 0 amide bonds. The Hall–Kier alpha value is -5.95. The maximum Gasteiger partial charge on any atom is 0.171 e. The molecule has 2 unspecified atom stereocenters. The average Bonchev–Trinajstić information content (AvgIpc) is 3.53. The van der Waals surface area contributed by atoms with Crippen molar-refractivity contribution in [1.29, 1.82) is 0 Å². The second-order valence-corrected chi connectivity index (χ2v) is 16.3. The molecule has 2 nitrogen and oxygen atoms in total. The summed E-state index contributed by atoms with van der Waals surface area (Å²) in [4.78, 5) is 0. The second-order valence-electron chi connectivity index (χ2n) is 13.6. The summed E-state index contributed by atoms with van der Waals surface area (Å²) in [5, 5.41) is 7.54.